The van der Waals surface area contributed by atoms with Crippen LogP contribution < -0.4 is 10.6 Å². The number of nitrogens with one attached hydrogen (secondary N) is 2. The third-order valence-corrected chi connectivity index (χ3v) is 2.07. The number of nitrogens with zero attached hydrogens (tertiary/aromatic N) is 2. The minimum atomic E-state index is -0.0211. The zero-order valence-electron chi connectivity index (χ0n) is 9.52. The normalized spacial score (nSPS) is 12.1. The number of aromatic nitrogens is 2. The molecule has 1 atom stereocenters. The van der Waals surface area contributed by atoms with Crippen molar-refractivity contribution in [2.75, 3.05) is 13.1 Å². The van der Waals surface area contributed by atoms with Crippen molar-refractivity contribution in [2.24, 2.45) is 0 Å². The van der Waals surface area contributed by atoms with Gasteiger partial charge in [0.15, 0.2) is 0 Å². The Morgan fingerprint density at radius 1 is 1.69 bits per heavy atom. The fraction of sp³-hybridized carbons (Fsp3) is 0.455. The molecule has 0 aliphatic carbocycles. The van der Waals surface area contributed by atoms with Gasteiger partial charge < -0.3 is 10.6 Å². The lowest BCUT2D eigenvalue weighted by Gasteiger charge is -2.13. The van der Waals surface area contributed by atoms with Gasteiger partial charge in [0.2, 0.25) is 5.91 Å². The molecule has 0 aliphatic rings. The van der Waals surface area contributed by atoms with E-state index in [9.17, 15) is 4.79 Å². The van der Waals surface area contributed by atoms with E-state index in [1.54, 1.807) is 12.3 Å². The largest absolute Gasteiger partial charge is 0.352 e. The molecule has 0 fully saturated rings. The van der Waals surface area contributed by atoms with Crippen molar-refractivity contribution < 1.29 is 4.79 Å². The smallest absolute Gasteiger partial charge is 0.234 e. The molecule has 0 radical (unpaired) electrons. The first-order chi connectivity index (χ1) is 7.72. The highest BCUT2D eigenvalue weighted by Crippen LogP contribution is 1.89. The highest BCUT2D eigenvalue weighted by Gasteiger charge is 2.05. The fourth-order valence-electron chi connectivity index (χ4n) is 1.27. The van der Waals surface area contributed by atoms with Crippen LogP contribution in [0.3, 0.4) is 0 Å². The summed E-state index contributed by atoms with van der Waals surface area (Å²) >= 11 is 0. The molecule has 0 aliphatic heterocycles. The van der Waals surface area contributed by atoms with Crippen molar-refractivity contribution in [1.29, 1.82) is 0 Å². The minimum absolute atomic E-state index is 0.0211. The second-order valence-electron chi connectivity index (χ2n) is 3.60. The summed E-state index contributed by atoms with van der Waals surface area (Å²) in [5, 5.41) is 9.92. The van der Waals surface area contributed by atoms with E-state index in [0.717, 1.165) is 6.54 Å². The first kappa shape index (κ1) is 12.4. The highest BCUT2D eigenvalue weighted by molar-refractivity contribution is 5.78. The van der Waals surface area contributed by atoms with Crippen LogP contribution in [0, 0.1) is 0 Å². The topological polar surface area (TPSA) is 59.0 Å². The summed E-state index contributed by atoms with van der Waals surface area (Å²) in [6, 6.07) is 2.08. The Balaban J connectivity index is 2.17. The predicted molar refractivity (Wildman–Crippen MR) is 62.9 cm³/mol. The molecule has 0 spiro atoms. The minimum Gasteiger partial charge on any atom is -0.352 e. The Labute approximate surface area is 95.5 Å². The van der Waals surface area contributed by atoms with Crippen LogP contribution in [-0.2, 0) is 11.3 Å². The van der Waals surface area contributed by atoms with Crippen LogP contribution in [-0.4, -0.2) is 34.8 Å². The molecule has 88 valence electrons. The molecule has 1 aromatic rings. The highest BCUT2D eigenvalue weighted by atomic mass is 16.1. The molecule has 0 saturated heterocycles. The molecular weight excluding hydrogens is 204 g/mol. The van der Waals surface area contributed by atoms with Crippen molar-refractivity contribution in [3.05, 3.63) is 31.1 Å². The van der Waals surface area contributed by atoms with E-state index in [0.29, 0.717) is 13.1 Å². The number of hydrogen-bond acceptors (Lipinski definition) is 3. The summed E-state index contributed by atoms with van der Waals surface area (Å²) in [6.07, 6.45) is 5.30. The summed E-state index contributed by atoms with van der Waals surface area (Å²) in [4.78, 5) is 11.3. The third-order valence-electron chi connectivity index (χ3n) is 2.07. The van der Waals surface area contributed by atoms with E-state index in [2.05, 4.69) is 22.3 Å². The zero-order valence-corrected chi connectivity index (χ0v) is 9.52. The first-order valence-electron chi connectivity index (χ1n) is 5.30. The second-order valence-corrected chi connectivity index (χ2v) is 3.60. The van der Waals surface area contributed by atoms with Gasteiger partial charge in [-0.2, -0.15) is 5.10 Å². The van der Waals surface area contributed by atoms with Gasteiger partial charge >= 0.3 is 0 Å². The fourth-order valence-corrected chi connectivity index (χ4v) is 1.27. The van der Waals surface area contributed by atoms with Gasteiger partial charge in [0, 0.05) is 25.0 Å². The van der Waals surface area contributed by atoms with Gasteiger partial charge in [0.05, 0.1) is 13.1 Å². The molecule has 0 aromatic carbocycles. The average molecular weight is 222 g/mol. The van der Waals surface area contributed by atoms with Crippen molar-refractivity contribution in [3.8, 4) is 0 Å². The molecule has 5 nitrogen and oxygen atoms in total. The predicted octanol–water partition coefficient (Wildman–Crippen LogP) is 0.163. The van der Waals surface area contributed by atoms with E-state index in [1.165, 1.54) is 0 Å². The molecule has 5 heteroatoms. The van der Waals surface area contributed by atoms with Gasteiger partial charge in [-0.05, 0) is 13.0 Å². The Hall–Kier alpha value is -1.62. The maximum absolute atomic E-state index is 11.3. The molecule has 0 bridgehead atoms. The maximum Gasteiger partial charge on any atom is 0.234 e. The SMILES string of the molecule is C=CCNC(=O)CNC(C)Cn1cccn1. The lowest BCUT2D eigenvalue weighted by Crippen LogP contribution is -2.39. The standard InChI is InChI=1S/C11H18N4O/c1-3-5-12-11(16)8-13-10(2)9-15-7-4-6-14-15/h3-4,6-7,10,13H,1,5,8-9H2,2H3,(H,12,16). The monoisotopic (exact) mass is 222 g/mol. The van der Waals surface area contributed by atoms with E-state index < -0.39 is 0 Å². The van der Waals surface area contributed by atoms with Crippen molar-refractivity contribution >= 4 is 5.91 Å². The van der Waals surface area contributed by atoms with Gasteiger partial charge in [-0.15, -0.1) is 6.58 Å². The summed E-state index contributed by atoms with van der Waals surface area (Å²) in [6.45, 7) is 7.12. The molecule has 1 heterocycles. The van der Waals surface area contributed by atoms with Crippen molar-refractivity contribution in [2.45, 2.75) is 19.5 Å². The van der Waals surface area contributed by atoms with Crippen LogP contribution in [0.15, 0.2) is 31.1 Å². The molecule has 2 N–H and O–H groups in total. The van der Waals surface area contributed by atoms with Gasteiger partial charge in [0.1, 0.15) is 0 Å². The zero-order chi connectivity index (χ0) is 11.8. The Kier molecular flexibility index (Phi) is 5.28. The Morgan fingerprint density at radius 3 is 3.12 bits per heavy atom. The molecule has 0 saturated carbocycles. The summed E-state index contributed by atoms with van der Waals surface area (Å²) in [5.41, 5.74) is 0. The van der Waals surface area contributed by atoms with E-state index in [4.69, 9.17) is 0 Å². The molecule has 16 heavy (non-hydrogen) atoms. The average Bonchev–Trinajstić information content (AvgIpc) is 2.76. The van der Waals surface area contributed by atoms with Crippen molar-refractivity contribution in [3.63, 3.8) is 0 Å². The maximum atomic E-state index is 11.3. The number of carbonyl (C=O) groups excluding carboxylic acids is 1. The third kappa shape index (κ3) is 4.75. The van der Waals surface area contributed by atoms with E-state index in [1.807, 2.05) is 23.9 Å². The van der Waals surface area contributed by atoms with Crippen molar-refractivity contribution in [1.82, 2.24) is 20.4 Å². The van der Waals surface area contributed by atoms with Crippen LogP contribution in [0.2, 0.25) is 0 Å². The van der Waals surface area contributed by atoms with Crippen LogP contribution >= 0.6 is 0 Å². The lowest BCUT2D eigenvalue weighted by atomic mass is 10.3. The molecular formula is C11H18N4O. The lowest BCUT2D eigenvalue weighted by molar-refractivity contribution is -0.120. The number of rotatable bonds is 7. The van der Waals surface area contributed by atoms with Crippen LogP contribution in [0.4, 0.5) is 0 Å². The first-order valence-corrected chi connectivity index (χ1v) is 5.30. The van der Waals surface area contributed by atoms with Crippen LogP contribution in [0.1, 0.15) is 6.92 Å². The molecule has 1 rings (SSSR count). The quantitative estimate of drug-likeness (QED) is 0.646. The summed E-state index contributed by atoms with van der Waals surface area (Å²) < 4.78 is 1.83. The van der Waals surface area contributed by atoms with Crippen LogP contribution in [0.5, 0.6) is 0 Å². The van der Waals surface area contributed by atoms with Gasteiger partial charge in [0.25, 0.3) is 0 Å². The van der Waals surface area contributed by atoms with Crippen LogP contribution in [0.25, 0.3) is 0 Å². The molecule has 1 unspecified atom stereocenters. The summed E-state index contributed by atoms with van der Waals surface area (Å²) in [7, 11) is 0. The number of amides is 1. The Morgan fingerprint density at radius 2 is 2.50 bits per heavy atom. The molecule has 1 amide bonds. The second kappa shape index (κ2) is 6.79. The molecule has 1 aromatic heterocycles. The summed E-state index contributed by atoms with van der Waals surface area (Å²) in [5.74, 6) is -0.0211. The van der Waals surface area contributed by atoms with E-state index in [-0.39, 0.29) is 11.9 Å². The Bertz CT molecular complexity index is 321. The number of hydrogen-bond donors (Lipinski definition) is 2. The van der Waals surface area contributed by atoms with Gasteiger partial charge in [-0.3, -0.25) is 9.48 Å². The van der Waals surface area contributed by atoms with Gasteiger partial charge in [-0.1, -0.05) is 6.08 Å². The van der Waals surface area contributed by atoms with Gasteiger partial charge in [-0.25, -0.2) is 0 Å². The van der Waals surface area contributed by atoms with E-state index >= 15 is 0 Å². The number of carbonyl (C=O) groups is 1.